The Bertz CT molecular complexity index is 407. The van der Waals surface area contributed by atoms with Crippen molar-refractivity contribution in [1.82, 2.24) is 9.55 Å². The summed E-state index contributed by atoms with van der Waals surface area (Å²) in [6, 6.07) is 1.62. The second kappa shape index (κ2) is 4.24. The van der Waals surface area contributed by atoms with E-state index in [1.807, 2.05) is 0 Å². The maximum atomic E-state index is 11.5. The van der Waals surface area contributed by atoms with Crippen molar-refractivity contribution in [3.05, 3.63) is 22.7 Å². The summed E-state index contributed by atoms with van der Waals surface area (Å²) < 4.78 is 1.58. The van der Waals surface area contributed by atoms with Gasteiger partial charge in [0.25, 0.3) is 0 Å². The maximum absolute atomic E-state index is 11.5. The number of aliphatic hydroxyl groups excluding tert-OH is 1. The molecule has 1 aromatic rings. The zero-order chi connectivity index (χ0) is 10.8. The Hall–Kier alpha value is -1.01. The van der Waals surface area contributed by atoms with E-state index >= 15 is 0 Å². The highest BCUT2D eigenvalue weighted by Gasteiger charge is 2.26. The van der Waals surface area contributed by atoms with Crippen LogP contribution in [0, 0.1) is 0 Å². The smallest absolute Gasteiger partial charge is 0.350 e. The molecule has 0 radical (unpaired) electrons. The lowest BCUT2D eigenvalue weighted by Gasteiger charge is -2.12. The first kappa shape index (κ1) is 10.5. The second-order valence-electron chi connectivity index (χ2n) is 3.51. The minimum Gasteiger partial charge on any atom is -0.395 e. The number of rotatable bonds is 2. The van der Waals surface area contributed by atoms with E-state index in [0.29, 0.717) is 0 Å². The summed E-state index contributed by atoms with van der Waals surface area (Å²) in [5.74, 6) is 0.248. The van der Waals surface area contributed by atoms with E-state index in [-0.39, 0.29) is 28.7 Å². The molecule has 0 aromatic carbocycles. The van der Waals surface area contributed by atoms with Crippen molar-refractivity contribution >= 4 is 17.6 Å². The van der Waals surface area contributed by atoms with Crippen molar-refractivity contribution in [3.8, 4) is 0 Å². The number of hydrogen-bond donors (Lipinski definition) is 2. The fraction of sp³-hybridized carbons (Fsp3) is 0.556. The fourth-order valence-electron chi connectivity index (χ4n) is 1.67. The normalized spacial score (nSPS) is 25.7. The van der Waals surface area contributed by atoms with Gasteiger partial charge in [0.2, 0.25) is 0 Å². The van der Waals surface area contributed by atoms with Crippen LogP contribution in [0.2, 0.25) is 0 Å². The summed E-state index contributed by atoms with van der Waals surface area (Å²) in [6.07, 6.45) is 3.49. The van der Waals surface area contributed by atoms with Gasteiger partial charge in [-0.3, -0.25) is 4.57 Å². The summed E-state index contributed by atoms with van der Waals surface area (Å²) in [5.41, 5.74) is 5.09. The standard InChI is InChI=1S/C9H13N3O2S/c10-7-3-4-12(9(14)11-7)8-2-1-6(5-13)15-8/h3-4,6,8,13H,1-2,5H2,(H2,10,11,14)/t6-,8+/m1/s1. The van der Waals surface area contributed by atoms with Crippen LogP contribution in [0.3, 0.4) is 0 Å². The number of aromatic nitrogens is 2. The molecule has 3 N–H and O–H groups in total. The second-order valence-corrected chi connectivity index (χ2v) is 5.00. The van der Waals surface area contributed by atoms with Gasteiger partial charge in [-0.25, -0.2) is 4.79 Å². The molecule has 0 bridgehead atoms. The third-order valence-electron chi connectivity index (χ3n) is 2.45. The third-order valence-corrected chi connectivity index (χ3v) is 4.00. The minimum atomic E-state index is -0.314. The Morgan fingerprint density at radius 1 is 1.67 bits per heavy atom. The van der Waals surface area contributed by atoms with Crippen LogP contribution in [0.25, 0.3) is 0 Å². The van der Waals surface area contributed by atoms with Gasteiger partial charge in [-0.1, -0.05) is 0 Å². The Labute approximate surface area is 91.3 Å². The van der Waals surface area contributed by atoms with E-state index in [1.54, 1.807) is 28.6 Å². The topological polar surface area (TPSA) is 81.1 Å². The van der Waals surface area contributed by atoms with Crippen LogP contribution >= 0.6 is 11.8 Å². The van der Waals surface area contributed by atoms with Crippen molar-refractivity contribution < 1.29 is 5.11 Å². The van der Waals surface area contributed by atoms with Gasteiger partial charge in [-0.05, 0) is 18.9 Å². The van der Waals surface area contributed by atoms with Gasteiger partial charge in [0, 0.05) is 11.4 Å². The summed E-state index contributed by atoms with van der Waals surface area (Å²) in [5, 5.41) is 9.32. The zero-order valence-electron chi connectivity index (χ0n) is 8.17. The molecule has 82 valence electrons. The number of nitrogens with zero attached hydrogens (tertiary/aromatic N) is 2. The summed E-state index contributed by atoms with van der Waals surface area (Å²) >= 11 is 1.62. The molecular weight excluding hydrogens is 214 g/mol. The van der Waals surface area contributed by atoms with E-state index in [9.17, 15) is 4.79 Å². The van der Waals surface area contributed by atoms with Gasteiger partial charge in [-0.2, -0.15) is 4.98 Å². The molecule has 5 nitrogen and oxygen atoms in total. The van der Waals surface area contributed by atoms with E-state index < -0.39 is 0 Å². The quantitative estimate of drug-likeness (QED) is 0.755. The van der Waals surface area contributed by atoms with Gasteiger partial charge in [0.1, 0.15) is 5.82 Å². The molecule has 6 heteroatoms. The van der Waals surface area contributed by atoms with Crippen LogP contribution in [0.5, 0.6) is 0 Å². The molecule has 0 spiro atoms. The van der Waals surface area contributed by atoms with Crippen molar-refractivity contribution in [1.29, 1.82) is 0 Å². The molecule has 1 aliphatic rings. The SMILES string of the molecule is Nc1ccn([C@@H]2CC[C@H](CO)S2)c(=O)n1. The summed E-state index contributed by atoms with van der Waals surface area (Å²) in [7, 11) is 0. The molecule has 1 fully saturated rings. The Balaban J connectivity index is 2.20. The van der Waals surface area contributed by atoms with Crippen LogP contribution in [-0.2, 0) is 0 Å². The number of thioether (sulfide) groups is 1. The monoisotopic (exact) mass is 227 g/mol. The number of hydrogen-bond acceptors (Lipinski definition) is 5. The molecule has 0 aliphatic carbocycles. The molecule has 2 atom stereocenters. The highest BCUT2D eigenvalue weighted by Crippen LogP contribution is 2.40. The highest BCUT2D eigenvalue weighted by atomic mass is 32.2. The largest absolute Gasteiger partial charge is 0.395 e. The van der Waals surface area contributed by atoms with Gasteiger partial charge < -0.3 is 10.8 Å². The van der Waals surface area contributed by atoms with Crippen molar-refractivity contribution in [3.63, 3.8) is 0 Å². The average molecular weight is 227 g/mol. The molecule has 1 aliphatic heterocycles. The predicted octanol–water partition coefficient (Wildman–Crippen LogP) is 0.212. The average Bonchev–Trinajstić information content (AvgIpc) is 2.66. The lowest BCUT2D eigenvalue weighted by molar-refractivity contribution is 0.292. The first-order valence-corrected chi connectivity index (χ1v) is 5.76. The molecule has 0 unspecified atom stereocenters. The van der Waals surface area contributed by atoms with Gasteiger partial charge >= 0.3 is 5.69 Å². The molecule has 2 rings (SSSR count). The van der Waals surface area contributed by atoms with Crippen LogP contribution in [0.15, 0.2) is 17.1 Å². The van der Waals surface area contributed by atoms with Crippen LogP contribution < -0.4 is 11.4 Å². The van der Waals surface area contributed by atoms with Gasteiger partial charge in [-0.15, -0.1) is 11.8 Å². The van der Waals surface area contributed by atoms with E-state index in [0.717, 1.165) is 12.8 Å². The molecule has 0 saturated carbocycles. The number of nitrogens with two attached hydrogens (primary N) is 1. The van der Waals surface area contributed by atoms with Crippen molar-refractivity contribution in [2.24, 2.45) is 0 Å². The first-order valence-electron chi connectivity index (χ1n) is 4.81. The summed E-state index contributed by atoms with van der Waals surface area (Å²) in [4.78, 5) is 15.2. The van der Waals surface area contributed by atoms with Gasteiger partial charge in [0.05, 0.1) is 12.0 Å². The zero-order valence-corrected chi connectivity index (χ0v) is 8.98. The summed E-state index contributed by atoms with van der Waals surface area (Å²) in [6.45, 7) is 0.165. The molecule has 2 heterocycles. The Kier molecular flexibility index (Phi) is 2.97. The van der Waals surface area contributed by atoms with Crippen LogP contribution in [0.1, 0.15) is 18.2 Å². The van der Waals surface area contributed by atoms with Crippen molar-refractivity contribution in [2.75, 3.05) is 12.3 Å². The minimum absolute atomic E-state index is 0.0859. The fourth-order valence-corrected chi connectivity index (χ4v) is 3.04. The third kappa shape index (κ3) is 2.15. The Morgan fingerprint density at radius 3 is 3.07 bits per heavy atom. The number of nitrogen functional groups attached to an aromatic ring is 1. The number of aliphatic hydroxyl groups is 1. The van der Waals surface area contributed by atoms with Crippen LogP contribution in [0.4, 0.5) is 5.82 Å². The predicted molar refractivity (Wildman–Crippen MR) is 59.6 cm³/mol. The first-order chi connectivity index (χ1) is 7.20. The molecule has 15 heavy (non-hydrogen) atoms. The number of anilines is 1. The van der Waals surface area contributed by atoms with E-state index in [2.05, 4.69) is 4.98 Å². The lowest BCUT2D eigenvalue weighted by Crippen LogP contribution is -2.24. The van der Waals surface area contributed by atoms with E-state index in [1.165, 1.54) is 0 Å². The van der Waals surface area contributed by atoms with Gasteiger partial charge in [0.15, 0.2) is 0 Å². The lowest BCUT2D eigenvalue weighted by atomic mass is 10.2. The molecule has 1 aromatic heterocycles. The Morgan fingerprint density at radius 2 is 2.47 bits per heavy atom. The van der Waals surface area contributed by atoms with Crippen molar-refractivity contribution in [2.45, 2.75) is 23.5 Å². The molecule has 1 saturated heterocycles. The van der Waals surface area contributed by atoms with E-state index in [4.69, 9.17) is 10.8 Å². The maximum Gasteiger partial charge on any atom is 0.350 e. The highest BCUT2D eigenvalue weighted by molar-refractivity contribution is 8.00. The van der Waals surface area contributed by atoms with Crippen LogP contribution in [-0.4, -0.2) is 26.5 Å². The molecular formula is C9H13N3O2S. The molecule has 0 amide bonds.